The Morgan fingerprint density at radius 3 is 2.44 bits per heavy atom. The average Bonchev–Trinajstić information content (AvgIpc) is 2.56. The van der Waals surface area contributed by atoms with E-state index in [1.165, 1.54) is 12.0 Å². The number of halogens is 1. The lowest BCUT2D eigenvalue weighted by Crippen LogP contribution is -2.51. The van der Waals surface area contributed by atoms with Gasteiger partial charge < -0.3 is 4.90 Å². The highest BCUT2D eigenvalue weighted by Crippen LogP contribution is 2.21. The van der Waals surface area contributed by atoms with Crippen molar-refractivity contribution in [3.63, 3.8) is 0 Å². The summed E-state index contributed by atoms with van der Waals surface area (Å²) >= 11 is 5.96. The number of amides is 1. The van der Waals surface area contributed by atoms with Gasteiger partial charge in [-0.2, -0.15) is 0 Å². The molecule has 2 aliphatic heterocycles. The maximum Gasteiger partial charge on any atom is 0.236 e. The molecule has 1 aromatic heterocycles. The molecule has 2 saturated heterocycles. The van der Waals surface area contributed by atoms with Gasteiger partial charge in [0, 0.05) is 52.0 Å². The zero-order valence-corrected chi connectivity index (χ0v) is 16.1. The maximum atomic E-state index is 12.6. The van der Waals surface area contributed by atoms with Crippen molar-refractivity contribution in [3.05, 3.63) is 29.0 Å². The van der Waals surface area contributed by atoms with Gasteiger partial charge in [0.25, 0.3) is 0 Å². The zero-order chi connectivity index (χ0) is 17.8. The van der Waals surface area contributed by atoms with Crippen LogP contribution in [0.2, 0.25) is 5.15 Å². The predicted octanol–water partition coefficient (Wildman–Crippen LogP) is 2.36. The summed E-state index contributed by atoms with van der Waals surface area (Å²) in [6.45, 7) is 11.7. The molecule has 6 heteroatoms. The first-order valence-corrected chi connectivity index (χ1v) is 9.70. The molecule has 0 saturated carbocycles. The SMILES string of the molecule is C[C@H]1C[C@H](C)CN(C(=O)CN2CCN(Cc3ccnc(Cl)c3)CC2)C1. The number of carbonyl (C=O) groups excluding carboxylic acids is 1. The molecular formula is C19H29ClN4O. The second-order valence-electron chi connectivity index (χ2n) is 7.78. The maximum absolute atomic E-state index is 12.6. The van der Waals surface area contributed by atoms with E-state index >= 15 is 0 Å². The van der Waals surface area contributed by atoms with Gasteiger partial charge in [-0.1, -0.05) is 25.4 Å². The van der Waals surface area contributed by atoms with Gasteiger partial charge in [-0.25, -0.2) is 4.98 Å². The Kier molecular flexibility index (Phi) is 6.31. The van der Waals surface area contributed by atoms with Gasteiger partial charge in [0.15, 0.2) is 0 Å². The molecule has 1 amide bonds. The van der Waals surface area contributed by atoms with E-state index in [9.17, 15) is 4.79 Å². The molecule has 0 radical (unpaired) electrons. The summed E-state index contributed by atoms with van der Waals surface area (Å²) in [5, 5.41) is 0.548. The monoisotopic (exact) mass is 364 g/mol. The molecule has 1 aromatic rings. The zero-order valence-electron chi connectivity index (χ0n) is 15.3. The Morgan fingerprint density at radius 1 is 1.16 bits per heavy atom. The predicted molar refractivity (Wildman–Crippen MR) is 100 cm³/mol. The van der Waals surface area contributed by atoms with Gasteiger partial charge in [-0.3, -0.25) is 14.6 Å². The lowest BCUT2D eigenvalue weighted by Gasteiger charge is -2.38. The smallest absolute Gasteiger partial charge is 0.236 e. The highest BCUT2D eigenvalue weighted by atomic mass is 35.5. The molecule has 5 nitrogen and oxygen atoms in total. The van der Waals surface area contributed by atoms with Crippen LogP contribution in [0.1, 0.15) is 25.8 Å². The van der Waals surface area contributed by atoms with Crippen LogP contribution in [0.5, 0.6) is 0 Å². The number of hydrogen-bond acceptors (Lipinski definition) is 4. The van der Waals surface area contributed by atoms with E-state index in [0.29, 0.717) is 29.4 Å². The highest BCUT2D eigenvalue weighted by Gasteiger charge is 2.27. The topological polar surface area (TPSA) is 39.7 Å². The third-order valence-corrected chi connectivity index (χ3v) is 5.45. The van der Waals surface area contributed by atoms with E-state index in [1.807, 2.05) is 12.1 Å². The van der Waals surface area contributed by atoms with Crippen molar-refractivity contribution < 1.29 is 4.79 Å². The van der Waals surface area contributed by atoms with E-state index in [4.69, 9.17) is 11.6 Å². The number of aromatic nitrogens is 1. The molecule has 0 aromatic carbocycles. The van der Waals surface area contributed by atoms with Crippen molar-refractivity contribution >= 4 is 17.5 Å². The van der Waals surface area contributed by atoms with Crippen molar-refractivity contribution in [3.8, 4) is 0 Å². The fraction of sp³-hybridized carbons (Fsp3) is 0.684. The number of rotatable bonds is 4. The Hall–Kier alpha value is -1.17. The summed E-state index contributed by atoms with van der Waals surface area (Å²) in [4.78, 5) is 23.4. The lowest BCUT2D eigenvalue weighted by atomic mass is 9.92. The standard InChI is InChI=1S/C19H29ClN4O/c1-15-9-16(2)12-24(11-15)19(25)14-23-7-5-22(6-8-23)13-17-3-4-21-18(20)10-17/h3-4,10,15-16H,5-9,11-14H2,1-2H3/t15-,16-/m0/s1. The van der Waals surface area contributed by atoms with E-state index in [1.54, 1.807) is 6.20 Å². The van der Waals surface area contributed by atoms with E-state index in [2.05, 4.69) is 33.5 Å². The highest BCUT2D eigenvalue weighted by molar-refractivity contribution is 6.29. The summed E-state index contributed by atoms with van der Waals surface area (Å²) < 4.78 is 0. The Labute approximate surface area is 155 Å². The van der Waals surface area contributed by atoms with E-state index in [-0.39, 0.29) is 0 Å². The second kappa shape index (κ2) is 8.47. The van der Waals surface area contributed by atoms with Crippen molar-refractivity contribution in [1.82, 2.24) is 19.7 Å². The first-order chi connectivity index (χ1) is 12.0. The Bertz CT molecular complexity index is 579. The van der Waals surface area contributed by atoms with Crippen molar-refractivity contribution in [1.29, 1.82) is 0 Å². The molecule has 0 unspecified atom stereocenters. The molecule has 0 bridgehead atoms. The number of likely N-dealkylation sites (tertiary alicyclic amines) is 1. The number of piperazine rings is 1. The van der Waals surface area contributed by atoms with Gasteiger partial charge in [0.1, 0.15) is 5.15 Å². The van der Waals surface area contributed by atoms with E-state index < -0.39 is 0 Å². The van der Waals surface area contributed by atoms with Crippen LogP contribution in [0.4, 0.5) is 0 Å². The molecule has 3 heterocycles. The summed E-state index contributed by atoms with van der Waals surface area (Å²) in [6, 6.07) is 3.94. The largest absolute Gasteiger partial charge is 0.341 e. The van der Waals surface area contributed by atoms with Gasteiger partial charge in [-0.15, -0.1) is 0 Å². The number of piperidine rings is 1. The van der Waals surface area contributed by atoms with Crippen LogP contribution in [-0.4, -0.2) is 71.4 Å². The third-order valence-electron chi connectivity index (χ3n) is 5.24. The van der Waals surface area contributed by atoms with Gasteiger partial charge in [0.2, 0.25) is 5.91 Å². The van der Waals surface area contributed by atoms with Crippen LogP contribution in [0, 0.1) is 11.8 Å². The van der Waals surface area contributed by atoms with Crippen LogP contribution >= 0.6 is 11.6 Å². The van der Waals surface area contributed by atoms with Gasteiger partial charge >= 0.3 is 0 Å². The number of nitrogens with zero attached hydrogens (tertiary/aromatic N) is 4. The first-order valence-electron chi connectivity index (χ1n) is 9.32. The minimum atomic E-state index is 0.299. The second-order valence-corrected chi connectivity index (χ2v) is 8.17. The fourth-order valence-electron chi connectivity index (χ4n) is 4.06. The molecule has 138 valence electrons. The normalized spacial score (nSPS) is 26.0. The minimum absolute atomic E-state index is 0.299. The molecule has 25 heavy (non-hydrogen) atoms. The van der Waals surface area contributed by atoms with Crippen LogP contribution in [0.15, 0.2) is 18.3 Å². The summed E-state index contributed by atoms with van der Waals surface area (Å²) in [6.07, 6.45) is 2.99. The Balaban J connectivity index is 1.43. The van der Waals surface area contributed by atoms with Gasteiger partial charge in [-0.05, 0) is 36.0 Å². The van der Waals surface area contributed by atoms with Crippen LogP contribution in [0.3, 0.4) is 0 Å². The molecule has 0 aliphatic carbocycles. The Morgan fingerprint density at radius 2 is 1.80 bits per heavy atom. The van der Waals surface area contributed by atoms with Crippen molar-refractivity contribution in [2.75, 3.05) is 45.8 Å². The van der Waals surface area contributed by atoms with Crippen molar-refractivity contribution in [2.45, 2.75) is 26.8 Å². The first kappa shape index (κ1) is 18.6. The summed E-state index contributed by atoms with van der Waals surface area (Å²) in [7, 11) is 0. The number of pyridine rings is 1. The molecule has 3 rings (SSSR count). The number of carbonyl (C=O) groups is 1. The van der Waals surface area contributed by atoms with Crippen LogP contribution in [-0.2, 0) is 11.3 Å². The van der Waals surface area contributed by atoms with Crippen LogP contribution in [0.25, 0.3) is 0 Å². The fourth-order valence-corrected chi connectivity index (χ4v) is 4.26. The lowest BCUT2D eigenvalue weighted by molar-refractivity contribution is -0.135. The summed E-state index contributed by atoms with van der Waals surface area (Å²) in [5.74, 6) is 1.54. The third kappa shape index (κ3) is 5.40. The molecule has 0 spiro atoms. The average molecular weight is 365 g/mol. The number of hydrogen-bond donors (Lipinski definition) is 0. The molecule has 2 aliphatic rings. The van der Waals surface area contributed by atoms with E-state index in [0.717, 1.165) is 45.8 Å². The quantitative estimate of drug-likeness (QED) is 0.769. The molecule has 0 N–H and O–H groups in total. The molecular weight excluding hydrogens is 336 g/mol. The molecule has 2 fully saturated rings. The minimum Gasteiger partial charge on any atom is -0.341 e. The van der Waals surface area contributed by atoms with Crippen LogP contribution < -0.4 is 0 Å². The summed E-state index contributed by atoms with van der Waals surface area (Å²) in [5.41, 5.74) is 1.20. The van der Waals surface area contributed by atoms with Gasteiger partial charge in [0.05, 0.1) is 6.54 Å². The van der Waals surface area contributed by atoms with Crippen molar-refractivity contribution in [2.24, 2.45) is 11.8 Å². The molecule has 2 atom stereocenters.